The summed E-state index contributed by atoms with van der Waals surface area (Å²) in [6, 6.07) is 9.10. The van der Waals surface area contributed by atoms with Crippen molar-refractivity contribution < 1.29 is 9.90 Å². The van der Waals surface area contributed by atoms with Crippen LogP contribution in [0.15, 0.2) is 30.3 Å². The Balaban J connectivity index is 3.16. The van der Waals surface area contributed by atoms with E-state index in [2.05, 4.69) is 0 Å². The second kappa shape index (κ2) is 6.14. The predicted molar refractivity (Wildman–Crippen MR) is 74.6 cm³/mol. The third kappa shape index (κ3) is 2.64. The zero-order valence-electron chi connectivity index (χ0n) is 11.8. The Morgan fingerprint density at radius 2 is 1.56 bits per heavy atom. The Kier molecular flexibility index (Phi) is 5.09. The van der Waals surface area contributed by atoms with Crippen molar-refractivity contribution in [2.45, 2.75) is 46.1 Å². The van der Waals surface area contributed by atoms with Crippen LogP contribution >= 0.6 is 0 Å². The van der Waals surface area contributed by atoms with Gasteiger partial charge in [0.05, 0.1) is 0 Å². The van der Waals surface area contributed by atoms with Gasteiger partial charge in [-0.15, -0.1) is 0 Å². The lowest BCUT2D eigenvalue weighted by atomic mass is 9.72. The Morgan fingerprint density at radius 3 is 1.94 bits per heavy atom. The van der Waals surface area contributed by atoms with E-state index in [1.165, 1.54) is 0 Å². The molecule has 0 aliphatic rings. The summed E-state index contributed by atoms with van der Waals surface area (Å²) in [7, 11) is 0. The number of carbonyl (C=O) groups excluding carboxylic acids is 1. The summed E-state index contributed by atoms with van der Waals surface area (Å²) in [6.45, 7) is 7.92. The van der Waals surface area contributed by atoms with Crippen molar-refractivity contribution >= 4 is 5.78 Å². The van der Waals surface area contributed by atoms with E-state index in [0.717, 1.165) is 12.8 Å². The first-order valence-electron chi connectivity index (χ1n) is 6.80. The molecule has 0 spiro atoms. The molecule has 18 heavy (non-hydrogen) atoms. The number of Topliss-reactive ketones (excluding diaryl/α,β-unsaturated/α-hetero) is 1. The topological polar surface area (TPSA) is 37.3 Å². The number of aliphatic hydroxyl groups is 1. The van der Waals surface area contributed by atoms with Crippen molar-refractivity contribution in [3.05, 3.63) is 35.9 Å². The molecule has 0 amide bonds. The molecule has 2 atom stereocenters. The standard InChI is InChI=1S/C16H24O2/c1-5-12(3)16(18,13(4)6-2)15(17)14-10-8-7-9-11-14/h7-13,18H,5-6H2,1-4H3. The minimum Gasteiger partial charge on any atom is -0.381 e. The van der Waals surface area contributed by atoms with Crippen LogP contribution in [0.3, 0.4) is 0 Å². The summed E-state index contributed by atoms with van der Waals surface area (Å²) in [5.74, 6) is -0.230. The Hall–Kier alpha value is -1.15. The fourth-order valence-electron chi connectivity index (χ4n) is 2.38. The van der Waals surface area contributed by atoms with Crippen LogP contribution in [0, 0.1) is 11.8 Å². The lowest BCUT2D eigenvalue weighted by molar-refractivity contribution is -0.0350. The molecule has 1 N–H and O–H groups in total. The van der Waals surface area contributed by atoms with Gasteiger partial charge in [0.1, 0.15) is 5.60 Å². The minimum atomic E-state index is -1.26. The van der Waals surface area contributed by atoms with Crippen molar-refractivity contribution in [1.82, 2.24) is 0 Å². The zero-order chi connectivity index (χ0) is 13.8. The second-order valence-corrected chi connectivity index (χ2v) is 5.14. The number of hydrogen-bond acceptors (Lipinski definition) is 2. The number of rotatable bonds is 6. The molecule has 0 radical (unpaired) electrons. The predicted octanol–water partition coefficient (Wildman–Crippen LogP) is 3.69. The summed E-state index contributed by atoms with van der Waals surface area (Å²) in [4.78, 5) is 12.6. The second-order valence-electron chi connectivity index (χ2n) is 5.14. The highest BCUT2D eigenvalue weighted by molar-refractivity contribution is 6.02. The quantitative estimate of drug-likeness (QED) is 0.779. The third-order valence-corrected chi connectivity index (χ3v) is 4.13. The van der Waals surface area contributed by atoms with E-state index >= 15 is 0 Å². The van der Waals surface area contributed by atoms with Crippen molar-refractivity contribution in [3.63, 3.8) is 0 Å². The molecule has 0 heterocycles. The van der Waals surface area contributed by atoms with Crippen molar-refractivity contribution in [2.75, 3.05) is 0 Å². The van der Waals surface area contributed by atoms with Gasteiger partial charge in [0.25, 0.3) is 0 Å². The van der Waals surface area contributed by atoms with Gasteiger partial charge in [-0.05, 0) is 11.8 Å². The first-order chi connectivity index (χ1) is 8.48. The van der Waals surface area contributed by atoms with Gasteiger partial charge >= 0.3 is 0 Å². The van der Waals surface area contributed by atoms with Crippen molar-refractivity contribution in [1.29, 1.82) is 0 Å². The molecule has 0 aliphatic heterocycles. The maximum atomic E-state index is 12.6. The average Bonchev–Trinajstić information content (AvgIpc) is 2.44. The van der Waals surface area contributed by atoms with Crippen LogP contribution in [0.4, 0.5) is 0 Å². The summed E-state index contributed by atoms with van der Waals surface area (Å²) >= 11 is 0. The number of hydrogen-bond donors (Lipinski definition) is 1. The fourth-order valence-corrected chi connectivity index (χ4v) is 2.38. The third-order valence-electron chi connectivity index (χ3n) is 4.13. The van der Waals surface area contributed by atoms with E-state index in [-0.39, 0.29) is 17.6 Å². The molecule has 1 aromatic carbocycles. The van der Waals surface area contributed by atoms with Crippen LogP contribution in [0.25, 0.3) is 0 Å². The Labute approximate surface area is 110 Å². The highest BCUT2D eigenvalue weighted by Gasteiger charge is 2.44. The fraction of sp³-hybridized carbons (Fsp3) is 0.562. The lowest BCUT2D eigenvalue weighted by Gasteiger charge is -2.37. The van der Waals surface area contributed by atoms with Crippen LogP contribution in [0.1, 0.15) is 50.9 Å². The maximum absolute atomic E-state index is 12.6. The van der Waals surface area contributed by atoms with E-state index in [9.17, 15) is 9.90 Å². The average molecular weight is 248 g/mol. The maximum Gasteiger partial charge on any atom is 0.194 e. The normalized spacial score (nSPS) is 17.8. The Bertz CT molecular complexity index is 373. The van der Waals surface area contributed by atoms with E-state index in [1.807, 2.05) is 45.9 Å². The minimum absolute atomic E-state index is 0.0415. The van der Waals surface area contributed by atoms with Gasteiger partial charge in [0.15, 0.2) is 5.78 Å². The largest absolute Gasteiger partial charge is 0.381 e. The highest BCUT2D eigenvalue weighted by Crippen LogP contribution is 2.34. The smallest absolute Gasteiger partial charge is 0.194 e. The van der Waals surface area contributed by atoms with Gasteiger partial charge in [-0.25, -0.2) is 0 Å². The van der Waals surface area contributed by atoms with Crippen LogP contribution in [0.5, 0.6) is 0 Å². The SMILES string of the molecule is CCC(C)C(O)(C(=O)c1ccccc1)C(C)CC. The highest BCUT2D eigenvalue weighted by atomic mass is 16.3. The number of ketones is 1. The van der Waals surface area contributed by atoms with Gasteiger partial charge in [-0.1, -0.05) is 70.9 Å². The van der Waals surface area contributed by atoms with Crippen LogP contribution in [0.2, 0.25) is 0 Å². The summed E-state index contributed by atoms with van der Waals surface area (Å²) in [6.07, 6.45) is 1.58. The molecule has 0 aliphatic carbocycles. The molecule has 0 bridgehead atoms. The molecule has 1 aromatic rings. The molecule has 1 rings (SSSR count). The molecular formula is C16H24O2. The summed E-state index contributed by atoms with van der Waals surface area (Å²) in [5.41, 5.74) is -0.661. The monoisotopic (exact) mass is 248 g/mol. The van der Waals surface area contributed by atoms with Gasteiger partial charge < -0.3 is 5.11 Å². The van der Waals surface area contributed by atoms with Crippen LogP contribution in [-0.2, 0) is 0 Å². The molecule has 2 unspecified atom stereocenters. The van der Waals surface area contributed by atoms with Gasteiger partial charge in [0, 0.05) is 5.56 Å². The van der Waals surface area contributed by atoms with Gasteiger partial charge in [0.2, 0.25) is 0 Å². The molecule has 2 nitrogen and oxygen atoms in total. The number of carbonyl (C=O) groups is 1. The Morgan fingerprint density at radius 1 is 1.11 bits per heavy atom. The molecule has 0 fully saturated rings. The van der Waals surface area contributed by atoms with Gasteiger partial charge in [-0.3, -0.25) is 4.79 Å². The van der Waals surface area contributed by atoms with Gasteiger partial charge in [-0.2, -0.15) is 0 Å². The lowest BCUT2D eigenvalue weighted by Crippen LogP contribution is -2.50. The summed E-state index contributed by atoms with van der Waals surface area (Å²) < 4.78 is 0. The zero-order valence-corrected chi connectivity index (χ0v) is 11.8. The van der Waals surface area contributed by atoms with Crippen LogP contribution < -0.4 is 0 Å². The molecule has 0 saturated carbocycles. The van der Waals surface area contributed by atoms with Crippen molar-refractivity contribution in [2.24, 2.45) is 11.8 Å². The van der Waals surface area contributed by atoms with E-state index in [0.29, 0.717) is 5.56 Å². The van der Waals surface area contributed by atoms with E-state index in [1.54, 1.807) is 12.1 Å². The van der Waals surface area contributed by atoms with Crippen molar-refractivity contribution in [3.8, 4) is 0 Å². The number of benzene rings is 1. The first-order valence-corrected chi connectivity index (χ1v) is 6.80. The molecule has 100 valence electrons. The van der Waals surface area contributed by atoms with E-state index in [4.69, 9.17) is 0 Å². The summed E-state index contributed by atoms with van der Waals surface area (Å²) in [5, 5.41) is 10.9. The van der Waals surface area contributed by atoms with Crippen LogP contribution in [-0.4, -0.2) is 16.5 Å². The molecular weight excluding hydrogens is 224 g/mol. The van der Waals surface area contributed by atoms with E-state index < -0.39 is 5.60 Å². The molecule has 0 aromatic heterocycles. The first kappa shape index (κ1) is 14.9. The molecule has 0 saturated heterocycles. The molecule has 2 heteroatoms.